The van der Waals surface area contributed by atoms with Crippen molar-refractivity contribution < 1.29 is 4.68 Å². The predicted octanol–water partition coefficient (Wildman–Crippen LogP) is 3.31. The SMILES string of the molecule is CN(C[n+]1[nH]c(NCCNc2ncccn2)cc(=O)c1-c1ccccc1)c1cc(N2CCN(c3ncccn3)CC2)nnc1-c1ccccc1. The fraction of sp³-hybridized carbons (Fsp3) is 0.222. The van der Waals surface area contributed by atoms with Crippen molar-refractivity contribution in [3.05, 3.63) is 120 Å². The lowest BCUT2D eigenvalue weighted by Gasteiger charge is -2.35. The van der Waals surface area contributed by atoms with Gasteiger partial charge in [-0.3, -0.25) is 4.79 Å². The average Bonchev–Trinajstić information content (AvgIpc) is 3.18. The smallest absolute Gasteiger partial charge is 0.285 e. The summed E-state index contributed by atoms with van der Waals surface area (Å²) in [5.74, 6) is 2.66. The molecule has 0 radical (unpaired) electrons. The van der Waals surface area contributed by atoms with Crippen molar-refractivity contribution in [1.29, 1.82) is 0 Å². The first kappa shape index (κ1) is 32.1. The number of H-pyrrole nitrogens is 1. The largest absolute Gasteiger partial charge is 0.366 e. The minimum Gasteiger partial charge on any atom is -0.366 e. The fourth-order valence-corrected chi connectivity index (χ4v) is 5.92. The van der Waals surface area contributed by atoms with E-state index in [0.29, 0.717) is 37.2 Å². The molecule has 1 fully saturated rings. The predicted molar refractivity (Wildman–Crippen MR) is 194 cm³/mol. The summed E-state index contributed by atoms with van der Waals surface area (Å²) in [4.78, 5) is 37.5. The van der Waals surface area contributed by atoms with E-state index in [1.165, 1.54) is 0 Å². The Hall–Kier alpha value is -6.44. The van der Waals surface area contributed by atoms with Crippen molar-refractivity contribution in [2.24, 2.45) is 0 Å². The summed E-state index contributed by atoms with van der Waals surface area (Å²) in [6.45, 7) is 4.46. The monoisotopic (exact) mass is 668 g/mol. The Bertz CT molecular complexity index is 2040. The van der Waals surface area contributed by atoms with Crippen LogP contribution in [0.2, 0.25) is 0 Å². The highest BCUT2D eigenvalue weighted by atomic mass is 16.1. The summed E-state index contributed by atoms with van der Waals surface area (Å²) in [6, 6.07) is 27.0. The van der Waals surface area contributed by atoms with Crippen LogP contribution in [0.5, 0.6) is 0 Å². The summed E-state index contributed by atoms with van der Waals surface area (Å²) in [7, 11) is 2.00. The first-order valence-electron chi connectivity index (χ1n) is 16.5. The number of hydrogen-bond donors (Lipinski definition) is 3. The van der Waals surface area contributed by atoms with Crippen LogP contribution in [0.1, 0.15) is 0 Å². The lowest BCUT2D eigenvalue weighted by Crippen LogP contribution is -2.51. The molecule has 0 saturated carbocycles. The maximum atomic E-state index is 13.7. The van der Waals surface area contributed by atoms with E-state index in [0.717, 1.165) is 60.5 Å². The van der Waals surface area contributed by atoms with E-state index in [-0.39, 0.29) is 5.43 Å². The summed E-state index contributed by atoms with van der Waals surface area (Å²) in [5.41, 5.74) is 3.83. The third-order valence-corrected chi connectivity index (χ3v) is 8.38. The molecule has 1 aliphatic heterocycles. The molecule has 7 rings (SSSR count). The van der Waals surface area contributed by atoms with Gasteiger partial charge >= 0.3 is 0 Å². The average molecular weight is 669 g/mol. The number of piperazine rings is 1. The van der Waals surface area contributed by atoms with Crippen LogP contribution in [-0.2, 0) is 6.67 Å². The van der Waals surface area contributed by atoms with Gasteiger partial charge in [0.05, 0.1) is 11.3 Å². The number of benzene rings is 2. The number of nitrogens with one attached hydrogen (secondary N) is 3. The molecule has 0 atom stereocenters. The molecule has 1 saturated heterocycles. The molecule has 1 aliphatic rings. The lowest BCUT2D eigenvalue weighted by molar-refractivity contribution is -0.741. The van der Waals surface area contributed by atoms with E-state index >= 15 is 0 Å². The van der Waals surface area contributed by atoms with Crippen LogP contribution in [0.15, 0.2) is 115 Å². The molecule has 0 aliphatic carbocycles. The van der Waals surface area contributed by atoms with Crippen molar-refractivity contribution in [3.8, 4) is 22.5 Å². The zero-order chi connectivity index (χ0) is 34.1. The number of aromatic nitrogens is 8. The van der Waals surface area contributed by atoms with Gasteiger partial charge in [-0.25, -0.2) is 19.9 Å². The summed E-state index contributed by atoms with van der Waals surface area (Å²) >= 11 is 0. The van der Waals surface area contributed by atoms with Crippen LogP contribution in [0.4, 0.5) is 29.2 Å². The molecule has 5 heterocycles. The number of rotatable bonds is 12. The molecule has 14 heteroatoms. The van der Waals surface area contributed by atoms with E-state index in [4.69, 9.17) is 10.2 Å². The van der Waals surface area contributed by atoms with E-state index < -0.39 is 0 Å². The molecule has 50 heavy (non-hydrogen) atoms. The van der Waals surface area contributed by atoms with Crippen LogP contribution >= 0.6 is 0 Å². The Morgan fingerprint density at radius 3 is 2.06 bits per heavy atom. The highest BCUT2D eigenvalue weighted by Gasteiger charge is 2.26. The van der Waals surface area contributed by atoms with Gasteiger partial charge in [-0.15, -0.1) is 15.3 Å². The molecule has 252 valence electrons. The van der Waals surface area contributed by atoms with Crippen molar-refractivity contribution in [2.45, 2.75) is 6.67 Å². The molecule has 14 nitrogen and oxygen atoms in total. The van der Waals surface area contributed by atoms with Gasteiger partial charge in [0, 0.05) is 88.8 Å². The lowest BCUT2D eigenvalue weighted by atomic mass is 10.1. The van der Waals surface area contributed by atoms with Gasteiger partial charge in [-0.1, -0.05) is 53.2 Å². The van der Waals surface area contributed by atoms with Gasteiger partial charge in [0.25, 0.3) is 11.1 Å². The third kappa shape index (κ3) is 7.49. The standard InChI is InChI=1S/C36H37N13O/c1-46(26-49-34(28-12-6-3-7-13-28)30(50)25-31(45-49)37-18-19-40-35-38-14-8-15-39-35)29-24-32(43-44-33(29)27-10-4-2-5-11-27)47-20-22-48(23-21-47)36-41-16-9-17-42-36/h2-17,24-25H,18-23,26H2,1H3,(H2-,37,38,39,40,45,50)/p+1. The molecule has 6 aromatic rings. The Morgan fingerprint density at radius 1 is 0.740 bits per heavy atom. The van der Waals surface area contributed by atoms with Crippen LogP contribution < -0.4 is 35.4 Å². The maximum absolute atomic E-state index is 13.7. The highest BCUT2D eigenvalue weighted by molar-refractivity contribution is 5.76. The Kier molecular flexibility index (Phi) is 9.76. The number of aromatic amines is 1. The van der Waals surface area contributed by atoms with Gasteiger partial charge in [0.15, 0.2) is 11.6 Å². The zero-order valence-corrected chi connectivity index (χ0v) is 27.7. The third-order valence-electron chi connectivity index (χ3n) is 8.38. The summed E-state index contributed by atoms with van der Waals surface area (Å²) in [5, 5.41) is 19.4. The first-order valence-corrected chi connectivity index (χ1v) is 16.5. The molecule has 0 unspecified atom stereocenters. The molecule has 0 amide bonds. The van der Waals surface area contributed by atoms with Gasteiger partial charge < -0.3 is 25.3 Å². The van der Waals surface area contributed by atoms with Crippen LogP contribution in [0, 0.1) is 0 Å². The number of nitrogens with zero attached hydrogens (tertiary/aromatic N) is 10. The van der Waals surface area contributed by atoms with E-state index in [2.05, 4.69) is 56.4 Å². The van der Waals surface area contributed by atoms with Gasteiger partial charge in [0.2, 0.25) is 18.6 Å². The second kappa shape index (κ2) is 15.2. The summed E-state index contributed by atoms with van der Waals surface area (Å²) < 4.78 is 1.88. The molecule has 0 spiro atoms. The number of anilines is 5. The Balaban J connectivity index is 1.17. The number of hydrogen-bond acceptors (Lipinski definition) is 12. The molecular formula is C36H38N13O+. The molecular weight excluding hydrogens is 630 g/mol. The van der Waals surface area contributed by atoms with Crippen molar-refractivity contribution in [2.75, 3.05) is 71.6 Å². The second-order valence-electron chi connectivity index (χ2n) is 11.8. The zero-order valence-electron chi connectivity index (χ0n) is 27.7. The van der Waals surface area contributed by atoms with E-state index in [1.807, 2.05) is 78.5 Å². The van der Waals surface area contributed by atoms with Crippen molar-refractivity contribution >= 4 is 29.2 Å². The van der Waals surface area contributed by atoms with Crippen molar-refractivity contribution in [1.82, 2.24) is 35.2 Å². The van der Waals surface area contributed by atoms with Crippen molar-refractivity contribution in [3.63, 3.8) is 0 Å². The van der Waals surface area contributed by atoms with Gasteiger partial charge in [-0.05, 0) is 24.3 Å². The minimum atomic E-state index is -0.109. The summed E-state index contributed by atoms with van der Waals surface area (Å²) in [6.07, 6.45) is 6.91. The molecule has 3 N–H and O–H groups in total. The normalized spacial score (nSPS) is 12.8. The van der Waals surface area contributed by atoms with Crippen LogP contribution in [0.25, 0.3) is 22.5 Å². The fourth-order valence-electron chi connectivity index (χ4n) is 5.92. The van der Waals surface area contributed by atoms with Crippen LogP contribution in [0.3, 0.4) is 0 Å². The Labute approximate surface area is 289 Å². The quantitative estimate of drug-likeness (QED) is 0.130. The van der Waals surface area contributed by atoms with E-state index in [1.54, 1.807) is 36.9 Å². The molecule has 2 aromatic carbocycles. The second-order valence-corrected chi connectivity index (χ2v) is 11.8. The molecule has 0 bridgehead atoms. The first-order chi connectivity index (χ1) is 24.6. The Morgan fingerprint density at radius 2 is 1.36 bits per heavy atom. The van der Waals surface area contributed by atoms with Crippen LogP contribution in [-0.4, -0.2) is 81.5 Å². The molecule has 4 aromatic heterocycles. The maximum Gasteiger partial charge on any atom is 0.285 e. The van der Waals surface area contributed by atoms with Gasteiger partial charge in [-0.2, -0.15) is 0 Å². The highest BCUT2D eigenvalue weighted by Crippen LogP contribution is 2.31. The minimum absolute atomic E-state index is 0.109. The van der Waals surface area contributed by atoms with E-state index in [9.17, 15) is 4.79 Å². The van der Waals surface area contributed by atoms with Gasteiger partial charge in [0.1, 0.15) is 5.69 Å². The topological polar surface area (TPSA) is 148 Å².